The second kappa shape index (κ2) is 13.6. The summed E-state index contributed by atoms with van der Waals surface area (Å²) >= 11 is 1.77. The quantitative estimate of drug-likeness (QED) is 0.236. The summed E-state index contributed by atoms with van der Waals surface area (Å²) in [4.78, 5) is 18.6. The minimum Gasteiger partial charge on any atom is -0.508 e. The number of piperazine rings is 1. The predicted octanol–water partition coefficient (Wildman–Crippen LogP) is 5.98. The highest BCUT2D eigenvalue weighted by Gasteiger charge is 2.45. The Bertz CT molecular complexity index is 1790. The standard InChI is InChI=1S/C33H34F2N6O2S.C2H6/c1-3-23-26(34)7-6-20-14-22(42)15-24(27(20)23)29-28(35)30-25(16-37-29)31(40-13-10-36-21(17-40)18-44-2)39-32(38-30)43-19-33-8-4-11-41(33)12-5-9-33;1-2/h1,6-7,14-16,21,36,42H,4-5,8-13,17-19H2,2H3;1-2H3. The number of fused-ring (bicyclic) bond motifs is 3. The molecule has 11 heteroatoms. The van der Waals surface area contributed by atoms with E-state index in [-0.39, 0.29) is 45.7 Å². The number of pyridine rings is 1. The van der Waals surface area contributed by atoms with Crippen LogP contribution >= 0.6 is 11.8 Å². The molecule has 1 atom stereocenters. The first-order valence-electron chi connectivity index (χ1n) is 16.0. The molecule has 0 saturated carbocycles. The third-order valence-corrected chi connectivity index (χ3v) is 10.0. The number of hydrogen-bond acceptors (Lipinski definition) is 9. The summed E-state index contributed by atoms with van der Waals surface area (Å²) in [5.74, 6) is 2.44. The Morgan fingerprint density at radius 2 is 1.93 bits per heavy atom. The van der Waals surface area contributed by atoms with Crippen molar-refractivity contribution in [2.45, 2.75) is 51.1 Å². The number of benzene rings is 2. The van der Waals surface area contributed by atoms with Crippen molar-refractivity contribution in [2.24, 2.45) is 0 Å². The van der Waals surface area contributed by atoms with Crippen LogP contribution in [0.3, 0.4) is 0 Å². The van der Waals surface area contributed by atoms with Crippen molar-refractivity contribution in [3.05, 3.63) is 47.7 Å². The Balaban J connectivity index is 0.00000182. The molecule has 0 bridgehead atoms. The summed E-state index contributed by atoms with van der Waals surface area (Å²) < 4.78 is 37.9. The molecule has 7 rings (SSSR count). The van der Waals surface area contributed by atoms with E-state index in [0.29, 0.717) is 41.7 Å². The van der Waals surface area contributed by atoms with E-state index in [9.17, 15) is 9.50 Å². The number of halogens is 2. The number of anilines is 1. The van der Waals surface area contributed by atoms with Crippen LogP contribution in [0, 0.1) is 24.0 Å². The van der Waals surface area contributed by atoms with E-state index in [1.807, 2.05) is 13.8 Å². The molecule has 242 valence electrons. The van der Waals surface area contributed by atoms with Gasteiger partial charge in [-0.05, 0) is 68.6 Å². The smallest absolute Gasteiger partial charge is 0.319 e. The van der Waals surface area contributed by atoms with Gasteiger partial charge in [-0.15, -0.1) is 6.42 Å². The number of hydrogen-bond donors (Lipinski definition) is 2. The van der Waals surface area contributed by atoms with Crippen molar-refractivity contribution in [1.29, 1.82) is 0 Å². The fraction of sp³-hybridized carbons (Fsp3) is 0.457. The van der Waals surface area contributed by atoms with Gasteiger partial charge in [0, 0.05) is 48.6 Å². The van der Waals surface area contributed by atoms with Gasteiger partial charge in [0.2, 0.25) is 0 Å². The molecule has 0 amide bonds. The van der Waals surface area contributed by atoms with Crippen molar-refractivity contribution < 1.29 is 18.6 Å². The average Bonchev–Trinajstić information content (AvgIpc) is 3.66. The lowest BCUT2D eigenvalue weighted by Gasteiger charge is -2.35. The molecule has 0 radical (unpaired) electrons. The van der Waals surface area contributed by atoms with Gasteiger partial charge in [-0.25, -0.2) is 8.78 Å². The monoisotopic (exact) mass is 646 g/mol. The van der Waals surface area contributed by atoms with Crippen LogP contribution in [0.4, 0.5) is 14.6 Å². The van der Waals surface area contributed by atoms with E-state index in [1.165, 1.54) is 24.3 Å². The van der Waals surface area contributed by atoms with Crippen molar-refractivity contribution in [3.63, 3.8) is 0 Å². The van der Waals surface area contributed by atoms with Gasteiger partial charge in [0.05, 0.1) is 16.5 Å². The third-order valence-electron chi connectivity index (χ3n) is 9.30. The first kappa shape index (κ1) is 32.2. The molecule has 3 aliphatic rings. The largest absolute Gasteiger partial charge is 0.508 e. The summed E-state index contributed by atoms with van der Waals surface area (Å²) in [5, 5.41) is 15.3. The number of rotatable bonds is 7. The molecule has 46 heavy (non-hydrogen) atoms. The number of terminal acetylenes is 1. The van der Waals surface area contributed by atoms with Crippen molar-refractivity contribution in [3.8, 4) is 35.4 Å². The van der Waals surface area contributed by atoms with E-state index >= 15 is 4.39 Å². The number of thioether (sulfide) groups is 1. The number of aromatic nitrogens is 3. The van der Waals surface area contributed by atoms with Crippen LogP contribution in [0.5, 0.6) is 11.8 Å². The first-order chi connectivity index (χ1) is 22.4. The second-order valence-electron chi connectivity index (χ2n) is 11.9. The molecule has 3 aliphatic heterocycles. The lowest BCUT2D eigenvalue weighted by Crippen LogP contribution is -2.52. The number of phenolic OH excluding ortho intramolecular Hbond substituents is 1. The molecule has 8 nitrogen and oxygen atoms in total. The van der Waals surface area contributed by atoms with Gasteiger partial charge in [0.1, 0.15) is 35.2 Å². The Morgan fingerprint density at radius 3 is 2.67 bits per heavy atom. The van der Waals surface area contributed by atoms with Crippen LogP contribution in [-0.2, 0) is 0 Å². The second-order valence-corrected chi connectivity index (χ2v) is 12.8. The number of phenols is 1. The maximum atomic E-state index is 16.8. The number of nitrogens with zero attached hydrogens (tertiary/aromatic N) is 5. The normalized spacial score (nSPS) is 19.1. The number of aromatic hydroxyl groups is 1. The van der Waals surface area contributed by atoms with Crippen molar-refractivity contribution >= 4 is 39.3 Å². The average molecular weight is 647 g/mol. The van der Waals surface area contributed by atoms with Gasteiger partial charge in [-0.2, -0.15) is 21.7 Å². The molecule has 2 aromatic carbocycles. The van der Waals surface area contributed by atoms with E-state index in [2.05, 4.69) is 37.3 Å². The van der Waals surface area contributed by atoms with Crippen LogP contribution in [0.15, 0.2) is 30.5 Å². The molecule has 5 heterocycles. The third kappa shape index (κ3) is 5.83. The van der Waals surface area contributed by atoms with Gasteiger partial charge in [-0.3, -0.25) is 9.88 Å². The first-order valence-corrected chi connectivity index (χ1v) is 17.4. The zero-order valence-corrected chi connectivity index (χ0v) is 27.4. The van der Waals surface area contributed by atoms with Gasteiger partial charge in [-0.1, -0.05) is 25.8 Å². The van der Waals surface area contributed by atoms with E-state index < -0.39 is 11.6 Å². The molecule has 3 fully saturated rings. The summed E-state index contributed by atoms with van der Waals surface area (Å²) in [7, 11) is 0. The van der Waals surface area contributed by atoms with Crippen LogP contribution in [0.2, 0.25) is 0 Å². The minimum atomic E-state index is -0.715. The Kier molecular flexibility index (Phi) is 9.50. The molecule has 4 aromatic rings. The molecule has 1 unspecified atom stereocenters. The van der Waals surface area contributed by atoms with E-state index in [0.717, 1.165) is 51.1 Å². The van der Waals surface area contributed by atoms with Gasteiger partial charge in [0.15, 0.2) is 5.82 Å². The highest BCUT2D eigenvalue weighted by Crippen LogP contribution is 2.41. The summed E-state index contributed by atoms with van der Waals surface area (Å²) in [6.07, 6.45) is 13.7. The fourth-order valence-corrected chi connectivity index (χ4v) is 7.88. The molecule has 0 spiro atoms. The minimum absolute atomic E-state index is 0.0243. The van der Waals surface area contributed by atoms with Gasteiger partial charge in [0.25, 0.3) is 0 Å². The Hall–Kier alpha value is -3.72. The summed E-state index contributed by atoms with van der Waals surface area (Å²) in [6.45, 7) is 8.69. The highest BCUT2D eigenvalue weighted by molar-refractivity contribution is 7.98. The summed E-state index contributed by atoms with van der Waals surface area (Å²) in [5.41, 5.74) is 0.0898. The lowest BCUT2D eigenvalue weighted by molar-refractivity contribution is 0.108. The predicted molar refractivity (Wildman–Crippen MR) is 182 cm³/mol. The molecule has 2 aromatic heterocycles. The maximum Gasteiger partial charge on any atom is 0.319 e. The van der Waals surface area contributed by atoms with E-state index in [4.69, 9.17) is 16.1 Å². The molecular formula is C35H40F2N6O2S. The summed E-state index contributed by atoms with van der Waals surface area (Å²) in [6, 6.07) is 5.93. The van der Waals surface area contributed by atoms with Crippen LogP contribution in [0.1, 0.15) is 45.1 Å². The molecular weight excluding hydrogens is 606 g/mol. The zero-order valence-electron chi connectivity index (χ0n) is 26.6. The molecule has 0 aliphatic carbocycles. The fourth-order valence-electron chi connectivity index (χ4n) is 7.26. The lowest BCUT2D eigenvalue weighted by atomic mass is 9.95. The van der Waals surface area contributed by atoms with Crippen LogP contribution in [-0.4, -0.2) is 87.9 Å². The molecule has 2 N–H and O–H groups in total. The van der Waals surface area contributed by atoms with E-state index in [1.54, 1.807) is 18.0 Å². The number of ether oxygens (including phenoxy) is 1. The maximum absolute atomic E-state index is 16.8. The highest BCUT2D eigenvalue weighted by atomic mass is 32.2. The van der Waals surface area contributed by atoms with Crippen molar-refractivity contribution in [2.75, 3.05) is 56.2 Å². The van der Waals surface area contributed by atoms with Crippen LogP contribution in [0.25, 0.3) is 32.9 Å². The van der Waals surface area contributed by atoms with Gasteiger partial charge >= 0.3 is 6.01 Å². The van der Waals surface area contributed by atoms with Crippen LogP contribution < -0.4 is 15.0 Å². The SMILES string of the molecule is C#Cc1c(F)ccc2cc(O)cc(-c3ncc4c(N5CCNC(CSC)C5)nc(OCC56CCCN5CCC6)nc4c3F)c12.CC. The topological polar surface area (TPSA) is 86.6 Å². The molecule has 3 saturated heterocycles. The number of nitrogens with one attached hydrogen (secondary N) is 1. The zero-order chi connectivity index (χ0) is 32.4. The van der Waals surface area contributed by atoms with Gasteiger partial charge < -0.3 is 20.1 Å². The van der Waals surface area contributed by atoms with Crippen molar-refractivity contribution in [1.82, 2.24) is 25.2 Å². The Labute approximate surface area is 272 Å². The Morgan fingerprint density at radius 1 is 1.15 bits per heavy atom.